The van der Waals surface area contributed by atoms with Gasteiger partial charge in [0, 0.05) is 18.7 Å². The first-order chi connectivity index (χ1) is 9.78. The molecule has 1 aliphatic heterocycles. The second-order valence-electron chi connectivity index (χ2n) is 6.25. The molecule has 1 aromatic rings. The molecule has 0 saturated carbocycles. The average Bonchev–Trinajstić information content (AvgIpc) is 2.86. The van der Waals surface area contributed by atoms with Crippen molar-refractivity contribution in [3.8, 4) is 0 Å². The summed E-state index contributed by atoms with van der Waals surface area (Å²) in [7, 11) is 0. The second-order valence-corrected chi connectivity index (χ2v) is 6.25. The van der Waals surface area contributed by atoms with Crippen LogP contribution in [-0.2, 0) is 4.74 Å². The lowest BCUT2D eigenvalue weighted by molar-refractivity contribution is 0.0204. The van der Waals surface area contributed by atoms with Gasteiger partial charge in [-0.3, -0.25) is 5.10 Å². The predicted molar refractivity (Wildman–Crippen MR) is 75.3 cm³/mol. The average molecular weight is 295 g/mol. The first kappa shape index (κ1) is 15.3. The van der Waals surface area contributed by atoms with Gasteiger partial charge < -0.3 is 14.7 Å². The molecule has 1 saturated heterocycles. The highest BCUT2D eigenvalue weighted by Gasteiger charge is 2.29. The van der Waals surface area contributed by atoms with Crippen LogP contribution in [0.1, 0.15) is 55.6 Å². The number of H-pyrrole nitrogens is 1. The molecule has 0 atom stereocenters. The highest BCUT2D eigenvalue weighted by molar-refractivity contribution is 5.87. The molecule has 0 radical (unpaired) electrons. The standard InChI is InChI=1S/C14H21N3O4/c1-14(2,3)21-13(20)17-6-4-9(5-7-17)10-8-15-16-11(10)12(18)19/h8-9H,4-7H2,1-3H3,(H,15,16)(H,18,19). The minimum Gasteiger partial charge on any atom is -0.477 e. The zero-order chi connectivity index (χ0) is 15.6. The van der Waals surface area contributed by atoms with Gasteiger partial charge in [-0.25, -0.2) is 9.59 Å². The van der Waals surface area contributed by atoms with Crippen LogP contribution in [0.2, 0.25) is 0 Å². The van der Waals surface area contributed by atoms with Crippen molar-refractivity contribution in [2.45, 2.75) is 45.1 Å². The molecule has 0 aromatic carbocycles. The lowest BCUT2D eigenvalue weighted by atomic mass is 9.90. The zero-order valence-electron chi connectivity index (χ0n) is 12.5. The summed E-state index contributed by atoms with van der Waals surface area (Å²) in [6.45, 7) is 6.63. The number of nitrogens with zero attached hydrogens (tertiary/aromatic N) is 2. The van der Waals surface area contributed by atoms with Crippen molar-refractivity contribution >= 4 is 12.1 Å². The van der Waals surface area contributed by atoms with Crippen LogP contribution < -0.4 is 0 Å². The number of aromatic carboxylic acids is 1. The molecule has 0 spiro atoms. The van der Waals surface area contributed by atoms with Crippen LogP contribution in [0, 0.1) is 0 Å². The molecule has 21 heavy (non-hydrogen) atoms. The smallest absolute Gasteiger partial charge is 0.410 e. The second kappa shape index (κ2) is 5.75. The van der Waals surface area contributed by atoms with E-state index in [0.29, 0.717) is 31.5 Å². The van der Waals surface area contributed by atoms with E-state index in [-0.39, 0.29) is 17.7 Å². The molecule has 7 heteroatoms. The Morgan fingerprint density at radius 3 is 2.52 bits per heavy atom. The summed E-state index contributed by atoms with van der Waals surface area (Å²) in [5.74, 6) is -0.898. The number of hydrogen-bond acceptors (Lipinski definition) is 4. The van der Waals surface area contributed by atoms with Gasteiger partial charge in [0.2, 0.25) is 0 Å². The fraction of sp³-hybridized carbons (Fsp3) is 0.643. The minimum atomic E-state index is -1.00. The number of rotatable bonds is 2. The molecule has 0 aliphatic carbocycles. The van der Waals surface area contributed by atoms with E-state index in [9.17, 15) is 9.59 Å². The maximum absolute atomic E-state index is 12.0. The van der Waals surface area contributed by atoms with E-state index in [4.69, 9.17) is 9.84 Å². The van der Waals surface area contributed by atoms with E-state index >= 15 is 0 Å². The summed E-state index contributed by atoms with van der Waals surface area (Å²) >= 11 is 0. The Morgan fingerprint density at radius 2 is 2.00 bits per heavy atom. The molecule has 2 N–H and O–H groups in total. The van der Waals surface area contributed by atoms with Gasteiger partial charge in [0.1, 0.15) is 11.3 Å². The van der Waals surface area contributed by atoms with Crippen molar-refractivity contribution in [1.82, 2.24) is 15.1 Å². The van der Waals surface area contributed by atoms with Crippen LogP contribution >= 0.6 is 0 Å². The van der Waals surface area contributed by atoms with Crippen LogP contribution in [-0.4, -0.2) is 51.0 Å². The number of carbonyl (C=O) groups is 2. The fourth-order valence-electron chi connectivity index (χ4n) is 2.48. The van der Waals surface area contributed by atoms with Gasteiger partial charge in [-0.15, -0.1) is 0 Å². The van der Waals surface area contributed by atoms with Gasteiger partial charge in [0.05, 0.1) is 6.20 Å². The number of piperidine rings is 1. The van der Waals surface area contributed by atoms with E-state index < -0.39 is 11.6 Å². The number of likely N-dealkylation sites (tertiary alicyclic amines) is 1. The lowest BCUT2D eigenvalue weighted by Gasteiger charge is -2.33. The third-order valence-corrected chi connectivity index (χ3v) is 3.47. The minimum absolute atomic E-state index is 0.105. The summed E-state index contributed by atoms with van der Waals surface area (Å²) < 4.78 is 5.34. The first-order valence-electron chi connectivity index (χ1n) is 7.02. The molecule has 1 aromatic heterocycles. The summed E-state index contributed by atoms with van der Waals surface area (Å²) in [5, 5.41) is 15.4. The lowest BCUT2D eigenvalue weighted by Crippen LogP contribution is -2.41. The third-order valence-electron chi connectivity index (χ3n) is 3.47. The van der Waals surface area contributed by atoms with Crippen LogP contribution in [0.4, 0.5) is 4.79 Å². The summed E-state index contributed by atoms with van der Waals surface area (Å²) in [6, 6.07) is 0. The van der Waals surface area contributed by atoms with Gasteiger partial charge in [0.25, 0.3) is 0 Å². The van der Waals surface area contributed by atoms with Gasteiger partial charge in [0.15, 0.2) is 0 Å². The number of ether oxygens (including phenoxy) is 1. The molecule has 2 heterocycles. The Morgan fingerprint density at radius 1 is 1.38 bits per heavy atom. The van der Waals surface area contributed by atoms with E-state index in [1.807, 2.05) is 20.8 Å². The molecule has 1 amide bonds. The Hall–Kier alpha value is -2.05. The maximum atomic E-state index is 12.0. The summed E-state index contributed by atoms with van der Waals surface area (Å²) in [5.41, 5.74) is 0.353. The molecule has 2 rings (SSSR count). The topological polar surface area (TPSA) is 95.5 Å². The Bertz CT molecular complexity index is 525. The molecule has 0 unspecified atom stereocenters. The van der Waals surface area contributed by atoms with Crippen molar-refractivity contribution in [3.63, 3.8) is 0 Å². The van der Waals surface area contributed by atoms with Crippen LogP contribution in [0.25, 0.3) is 0 Å². The van der Waals surface area contributed by atoms with Crippen molar-refractivity contribution < 1.29 is 19.4 Å². The SMILES string of the molecule is CC(C)(C)OC(=O)N1CCC(c2cn[nH]c2C(=O)O)CC1. The van der Waals surface area contributed by atoms with Crippen LogP contribution in [0.15, 0.2) is 6.20 Å². The number of nitrogens with one attached hydrogen (secondary N) is 1. The molecule has 7 nitrogen and oxygen atoms in total. The number of carboxylic acid groups (broad SMARTS) is 1. The van der Waals surface area contributed by atoms with Gasteiger partial charge in [-0.05, 0) is 39.5 Å². The highest BCUT2D eigenvalue weighted by atomic mass is 16.6. The fourth-order valence-corrected chi connectivity index (χ4v) is 2.48. The van der Waals surface area contributed by atoms with Crippen LogP contribution in [0.5, 0.6) is 0 Å². The van der Waals surface area contributed by atoms with Crippen molar-refractivity contribution in [2.75, 3.05) is 13.1 Å². The Balaban J connectivity index is 1.96. The monoisotopic (exact) mass is 295 g/mol. The third kappa shape index (κ3) is 3.74. The summed E-state index contributed by atoms with van der Waals surface area (Å²) in [6.07, 6.45) is 2.67. The van der Waals surface area contributed by atoms with Crippen LogP contribution in [0.3, 0.4) is 0 Å². The molecular weight excluding hydrogens is 274 g/mol. The molecule has 0 bridgehead atoms. The van der Waals surface area contributed by atoms with Crippen molar-refractivity contribution in [2.24, 2.45) is 0 Å². The molecule has 1 aliphatic rings. The number of aromatic nitrogens is 2. The normalized spacial score (nSPS) is 16.8. The first-order valence-corrected chi connectivity index (χ1v) is 7.02. The predicted octanol–water partition coefficient (Wildman–Crippen LogP) is 2.22. The largest absolute Gasteiger partial charge is 0.477 e. The quantitative estimate of drug-likeness (QED) is 0.872. The number of hydrogen-bond donors (Lipinski definition) is 2. The van der Waals surface area contributed by atoms with Gasteiger partial charge in [-0.1, -0.05) is 0 Å². The Labute approximate surface area is 123 Å². The number of carbonyl (C=O) groups excluding carboxylic acids is 1. The highest BCUT2D eigenvalue weighted by Crippen LogP contribution is 2.30. The van der Waals surface area contributed by atoms with Gasteiger partial charge in [-0.2, -0.15) is 5.10 Å². The van der Waals surface area contributed by atoms with E-state index in [1.54, 1.807) is 11.1 Å². The number of carboxylic acids is 1. The van der Waals surface area contributed by atoms with Gasteiger partial charge >= 0.3 is 12.1 Å². The molecule has 116 valence electrons. The van der Waals surface area contributed by atoms with Crippen molar-refractivity contribution in [3.05, 3.63) is 17.5 Å². The van der Waals surface area contributed by atoms with E-state index in [2.05, 4.69) is 10.2 Å². The molecule has 1 fully saturated rings. The number of aromatic amines is 1. The summed E-state index contributed by atoms with van der Waals surface area (Å²) in [4.78, 5) is 24.7. The van der Waals surface area contributed by atoms with E-state index in [1.165, 1.54) is 0 Å². The number of amides is 1. The van der Waals surface area contributed by atoms with Crippen molar-refractivity contribution in [1.29, 1.82) is 0 Å². The zero-order valence-corrected chi connectivity index (χ0v) is 12.5. The Kier molecular flexibility index (Phi) is 4.20. The maximum Gasteiger partial charge on any atom is 0.410 e. The van der Waals surface area contributed by atoms with E-state index in [0.717, 1.165) is 0 Å². The molecular formula is C14H21N3O4.